The molecule has 5 nitrogen and oxygen atoms in total. The molecule has 1 amide bonds. The highest BCUT2D eigenvalue weighted by Crippen LogP contribution is 2.30. The summed E-state index contributed by atoms with van der Waals surface area (Å²) in [5, 5.41) is 3.74. The number of rotatable bonds is 3. The summed E-state index contributed by atoms with van der Waals surface area (Å²) in [6.07, 6.45) is 5.09. The molecule has 0 radical (unpaired) electrons. The maximum absolute atomic E-state index is 12.9. The molecule has 0 unspecified atom stereocenters. The van der Waals surface area contributed by atoms with Crippen LogP contribution in [0.15, 0.2) is 36.7 Å². The molecule has 4 rings (SSSR count). The van der Waals surface area contributed by atoms with Crippen molar-refractivity contribution >= 4 is 22.6 Å². The van der Waals surface area contributed by atoms with Crippen LogP contribution in [0.2, 0.25) is 0 Å². The summed E-state index contributed by atoms with van der Waals surface area (Å²) in [7, 11) is 0. The Kier molecular flexibility index (Phi) is 2.89. The summed E-state index contributed by atoms with van der Waals surface area (Å²) in [5.74, 6) is 0.199. The van der Waals surface area contributed by atoms with E-state index in [0.29, 0.717) is 5.82 Å². The van der Waals surface area contributed by atoms with Crippen molar-refractivity contribution in [3.63, 3.8) is 0 Å². The third kappa shape index (κ3) is 2.43. The molecule has 2 N–H and O–H groups in total. The standard InChI is InChI=1S/C16H13FN4O/c17-14-4-3-10(7-18-14)12-5-11-8-19-15(6-13(11)20-12)21-16(22)9-1-2-9/h3-9,20H,1-2H2,(H,19,21,22). The van der Waals surface area contributed by atoms with Crippen molar-refractivity contribution in [3.05, 3.63) is 42.6 Å². The summed E-state index contributed by atoms with van der Waals surface area (Å²) >= 11 is 0. The molecule has 0 aromatic carbocycles. The second-order valence-corrected chi connectivity index (χ2v) is 5.47. The van der Waals surface area contributed by atoms with Gasteiger partial charge in [-0.2, -0.15) is 4.39 Å². The van der Waals surface area contributed by atoms with E-state index in [1.165, 1.54) is 12.3 Å². The van der Waals surface area contributed by atoms with Gasteiger partial charge >= 0.3 is 0 Å². The van der Waals surface area contributed by atoms with Crippen LogP contribution >= 0.6 is 0 Å². The Morgan fingerprint density at radius 1 is 1.23 bits per heavy atom. The molecule has 1 aliphatic carbocycles. The van der Waals surface area contributed by atoms with E-state index in [0.717, 1.165) is 35.0 Å². The fourth-order valence-electron chi connectivity index (χ4n) is 2.36. The Balaban J connectivity index is 1.65. The smallest absolute Gasteiger partial charge is 0.228 e. The third-order valence-corrected chi connectivity index (χ3v) is 3.74. The maximum atomic E-state index is 12.9. The maximum Gasteiger partial charge on any atom is 0.228 e. The van der Waals surface area contributed by atoms with Gasteiger partial charge in [-0.1, -0.05) is 0 Å². The van der Waals surface area contributed by atoms with Crippen molar-refractivity contribution < 1.29 is 9.18 Å². The molecule has 1 aliphatic rings. The fourth-order valence-corrected chi connectivity index (χ4v) is 2.36. The van der Waals surface area contributed by atoms with Gasteiger partial charge in [0.25, 0.3) is 0 Å². The lowest BCUT2D eigenvalue weighted by atomic mass is 10.2. The highest BCUT2D eigenvalue weighted by molar-refractivity contribution is 5.95. The zero-order valence-corrected chi connectivity index (χ0v) is 11.6. The minimum absolute atomic E-state index is 0.0290. The monoisotopic (exact) mass is 296 g/mol. The number of carbonyl (C=O) groups excluding carboxylic acids is 1. The summed E-state index contributed by atoms with van der Waals surface area (Å²) in [6.45, 7) is 0. The molecular formula is C16H13FN4O. The molecule has 0 atom stereocenters. The number of anilines is 1. The summed E-state index contributed by atoms with van der Waals surface area (Å²) < 4.78 is 12.9. The SMILES string of the molecule is O=C(Nc1cc2[nH]c(-c3ccc(F)nc3)cc2cn1)C1CC1. The summed E-state index contributed by atoms with van der Waals surface area (Å²) in [4.78, 5) is 22.9. The van der Waals surface area contributed by atoms with Gasteiger partial charge in [0.15, 0.2) is 0 Å². The van der Waals surface area contributed by atoms with E-state index in [-0.39, 0.29) is 11.8 Å². The van der Waals surface area contributed by atoms with E-state index in [4.69, 9.17) is 0 Å². The Hall–Kier alpha value is -2.76. The first-order valence-electron chi connectivity index (χ1n) is 7.10. The van der Waals surface area contributed by atoms with Gasteiger partial charge in [-0.3, -0.25) is 4.79 Å². The van der Waals surface area contributed by atoms with Crippen molar-refractivity contribution in [2.24, 2.45) is 5.92 Å². The average Bonchev–Trinajstić information content (AvgIpc) is 3.28. The minimum atomic E-state index is -0.508. The first-order valence-corrected chi connectivity index (χ1v) is 7.10. The van der Waals surface area contributed by atoms with Gasteiger partial charge in [-0.05, 0) is 31.0 Å². The number of H-pyrrole nitrogens is 1. The fraction of sp³-hybridized carbons (Fsp3) is 0.188. The molecule has 6 heteroatoms. The van der Waals surface area contributed by atoms with Gasteiger partial charge in [0, 0.05) is 41.0 Å². The van der Waals surface area contributed by atoms with Gasteiger partial charge < -0.3 is 10.3 Å². The van der Waals surface area contributed by atoms with Gasteiger partial charge in [0.2, 0.25) is 11.9 Å². The van der Waals surface area contributed by atoms with Gasteiger partial charge in [-0.25, -0.2) is 9.97 Å². The molecular weight excluding hydrogens is 283 g/mol. The lowest BCUT2D eigenvalue weighted by Gasteiger charge is -2.02. The Labute approximate surface area is 125 Å². The number of nitrogens with one attached hydrogen (secondary N) is 2. The Morgan fingerprint density at radius 3 is 2.82 bits per heavy atom. The number of carbonyl (C=O) groups is 1. The van der Waals surface area contributed by atoms with E-state index >= 15 is 0 Å². The number of pyridine rings is 2. The predicted octanol–water partition coefficient (Wildman–Crippen LogP) is 3.11. The van der Waals surface area contributed by atoms with E-state index in [2.05, 4.69) is 20.3 Å². The number of aromatic nitrogens is 3. The lowest BCUT2D eigenvalue weighted by molar-refractivity contribution is -0.117. The summed E-state index contributed by atoms with van der Waals surface area (Å²) in [6, 6.07) is 6.70. The normalized spacial score (nSPS) is 14.2. The molecule has 3 heterocycles. The number of aromatic amines is 1. The number of nitrogens with zero attached hydrogens (tertiary/aromatic N) is 2. The molecule has 3 aromatic heterocycles. The third-order valence-electron chi connectivity index (χ3n) is 3.74. The minimum Gasteiger partial charge on any atom is -0.354 e. The number of amides is 1. The van der Waals surface area contributed by atoms with Crippen LogP contribution in [0.25, 0.3) is 22.2 Å². The second kappa shape index (κ2) is 4.91. The number of halogens is 1. The number of hydrogen-bond acceptors (Lipinski definition) is 3. The first-order chi connectivity index (χ1) is 10.7. The molecule has 0 saturated heterocycles. The Bertz CT molecular complexity index is 852. The first kappa shape index (κ1) is 12.9. The van der Waals surface area contributed by atoms with Crippen molar-refractivity contribution in [2.75, 3.05) is 5.32 Å². The number of hydrogen-bond donors (Lipinski definition) is 2. The molecule has 0 aliphatic heterocycles. The van der Waals surface area contributed by atoms with Crippen LogP contribution in [0.1, 0.15) is 12.8 Å². The predicted molar refractivity (Wildman–Crippen MR) is 80.6 cm³/mol. The molecule has 0 bridgehead atoms. The quantitative estimate of drug-likeness (QED) is 0.729. The topological polar surface area (TPSA) is 70.7 Å². The van der Waals surface area contributed by atoms with Crippen molar-refractivity contribution in [1.29, 1.82) is 0 Å². The van der Waals surface area contributed by atoms with Crippen molar-refractivity contribution in [3.8, 4) is 11.3 Å². The lowest BCUT2D eigenvalue weighted by Crippen LogP contribution is -2.14. The van der Waals surface area contributed by atoms with Gasteiger partial charge in [0.1, 0.15) is 5.82 Å². The highest BCUT2D eigenvalue weighted by atomic mass is 19.1. The van der Waals surface area contributed by atoms with Crippen LogP contribution in [-0.2, 0) is 4.79 Å². The van der Waals surface area contributed by atoms with Crippen LogP contribution in [0.5, 0.6) is 0 Å². The number of fused-ring (bicyclic) bond motifs is 1. The summed E-state index contributed by atoms with van der Waals surface area (Å²) in [5.41, 5.74) is 2.48. The molecule has 3 aromatic rings. The highest BCUT2D eigenvalue weighted by Gasteiger charge is 2.29. The molecule has 22 heavy (non-hydrogen) atoms. The van der Waals surface area contributed by atoms with Crippen molar-refractivity contribution in [2.45, 2.75) is 12.8 Å². The van der Waals surface area contributed by atoms with Crippen LogP contribution in [0, 0.1) is 11.9 Å². The zero-order valence-electron chi connectivity index (χ0n) is 11.6. The average molecular weight is 296 g/mol. The zero-order chi connectivity index (χ0) is 15.1. The van der Waals surface area contributed by atoms with E-state index < -0.39 is 5.95 Å². The Morgan fingerprint density at radius 2 is 2.09 bits per heavy atom. The molecule has 1 fully saturated rings. The van der Waals surface area contributed by atoms with Gasteiger partial charge in [-0.15, -0.1) is 0 Å². The van der Waals surface area contributed by atoms with Crippen LogP contribution < -0.4 is 5.32 Å². The molecule has 110 valence electrons. The van der Waals surface area contributed by atoms with E-state index in [9.17, 15) is 9.18 Å². The van der Waals surface area contributed by atoms with Gasteiger partial charge in [0.05, 0.1) is 5.52 Å². The molecule has 1 saturated carbocycles. The van der Waals surface area contributed by atoms with E-state index in [1.54, 1.807) is 18.3 Å². The van der Waals surface area contributed by atoms with Crippen molar-refractivity contribution in [1.82, 2.24) is 15.0 Å². The van der Waals surface area contributed by atoms with Crippen LogP contribution in [0.3, 0.4) is 0 Å². The van der Waals surface area contributed by atoms with Crippen LogP contribution in [0.4, 0.5) is 10.2 Å². The second-order valence-electron chi connectivity index (χ2n) is 5.47. The van der Waals surface area contributed by atoms with E-state index in [1.807, 2.05) is 6.07 Å². The molecule has 0 spiro atoms. The van der Waals surface area contributed by atoms with Crippen LogP contribution in [-0.4, -0.2) is 20.9 Å². The largest absolute Gasteiger partial charge is 0.354 e.